The van der Waals surface area contributed by atoms with Crippen molar-refractivity contribution < 1.29 is 24.1 Å². The highest BCUT2D eigenvalue weighted by Crippen LogP contribution is 2.41. The van der Waals surface area contributed by atoms with Crippen LogP contribution in [0.2, 0.25) is 0 Å². The first-order valence-electron chi connectivity index (χ1n) is 5.32. The number of hydrogen-bond acceptors (Lipinski definition) is 5. The Labute approximate surface area is 105 Å². The minimum Gasteiger partial charge on any atom is -0.496 e. The van der Waals surface area contributed by atoms with Crippen LogP contribution in [0.1, 0.15) is 11.5 Å². The van der Waals surface area contributed by atoms with Gasteiger partial charge < -0.3 is 25.1 Å². The molecular weight excluding hydrogens is 238 g/mol. The average molecular weight is 255 g/mol. The van der Waals surface area contributed by atoms with Crippen molar-refractivity contribution in [2.45, 2.75) is 5.92 Å². The van der Waals surface area contributed by atoms with Gasteiger partial charge in [0.1, 0.15) is 11.7 Å². The lowest BCUT2D eigenvalue weighted by Crippen LogP contribution is -2.22. The molecule has 0 heterocycles. The van der Waals surface area contributed by atoms with Gasteiger partial charge in [0.2, 0.25) is 0 Å². The van der Waals surface area contributed by atoms with Crippen LogP contribution in [-0.2, 0) is 4.79 Å². The third-order valence-corrected chi connectivity index (χ3v) is 2.65. The molecule has 0 aliphatic heterocycles. The molecule has 1 atom stereocenters. The van der Waals surface area contributed by atoms with Gasteiger partial charge in [0.15, 0.2) is 11.5 Å². The minimum absolute atomic E-state index is 0.0603. The van der Waals surface area contributed by atoms with Gasteiger partial charge in [-0.05, 0) is 12.1 Å². The summed E-state index contributed by atoms with van der Waals surface area (Å²) in [7, 11) is 4.38. The lowest BCUT2D eigenvalue weighted by molar-refractivity contribution is -0.138. The Bertz CT molecular complexity index is 433. The number of benzene rings is 1. The van der Waals surface area contributed by atoms with Crippen molar-refractivity contribution in [1.82, 2.24) is 0 Å². The lowest BCUT2D eigenvalue weighted by Gasteiger charge is -2.19. The summed E-state index contributed by atoms with van der Waals surface area (Å²) in [6.45, 7) is -0.0603. The van der Waals surface area contributed by atoms with E-state index in [4.69, 9.17) is 19.9 Å². The smallest absolute Gasteiger partial charge is 0.312 e. The van der Waals surface area contributed by atoms with E-state index in [1.807, 2.05) is 0 Å². The van der Waals surface area contributed by atoms with E-state index in [0.29, 0.717) is 22.8 Å². The molecule has 6 heteroatoms. The fourth-order valence-corrected chi connectivity index (χ4v) is 1.78. The third-order valence-electron chi connectivity index (χ3n) is 2.65. The lowest BCUT2D eigenvalue weighted by atomic mass is 9.96. The molecule has 100 valence electrons. The molecule has 0 saturated carbocycles. The Morgan fingerprint density at radius 1 is 1.22 bits per heavy atom. The second kappa shape index (κ2) is 6.11. The molecule has 0 radical (unpaired) electrons. The van der Waals surface area contributed by atoms with Crippen LogP contribution in [0.25, 0.3) is 0 Å². The molecule has 1 unspecified atom stereocenters. The molecule has 1 aromatic rings. The zero-order valence-electron chi connectivity index (χ0n) is 10.6. The van der Waals surface area contributed by atoms with Gasteiger partial charge in [0.05, 0.1) is 26.9 Å². The third kappa shape index (κ3) is 2.48. The molecule has 0 aliphatic carbocycles. The van der Waals surface area contributed by atoms with Gasteiger partial charge in [-0.25, -0.2) is 0 Å². The van der Waals surface area contributed by atoms with Crippen molar-refractivity contribution in [3.8, 4) is 17.2 Å². The van der Waals surface area contributed by atoms with Crippen molar-refractivity contribution in [2.75, 3.05) is 27.9 Å². The molecular formula is C12H17NO5. The van der Waals surface area contributed by atoms with Gasteiger partial charge in [-0.3, -0.25) is 4.79 Å². The molecule has 0 fully saturated rings. The number of carboxylic acid groups (broad SMARTS) is 1. The highest BCUT2D eigenvalue weighted by atomic mass is 16.5. The predicted molar refractivity (Wildman–Crippen MR) is 65.5 cm³/mol. The Kier molecular flexibility index (Phi) is 4.79. The average Bonchev–Trinajstić information content (AvgIpc) is 2.38. The van der Waals surface area contributed by atoms with Gasteiger partial charge in [0, 0.05) is 6.54 Å². The summed E-state index contributed by atoms with van der Waals surface area (Å²) in [4.78, 5) is 11.2. The molecule has 0 amide bonds. The number of aliphatic carboxylic acids is 1. The van der Waals surface area contributed by atoms with E-state index in [9.17, 15) is 9.90 Å². The maximum atomic E-state index is 11.2. The Morgan fingerprint density at radius 3 is 2.17 bits per heavy atom. The van der Waals surface area contributed by atoms with E-state index in [-0.39, 0.29) is 6.54 Å². The normalized spacial score (nSPS) is 11.8. The monoisotopic (exact) mass is 255 g/mol. The Hall–Kier alpha value is -1.95. The zero-order chi connectivity index (χ0) is 13.7. The van der Waals surface area contributed by atoms with Crippen LogP contribution in [0.3, 0.4) is 0 Å². The SMILES string of the molecule is COc1ccc(OC)c(C(CN)C(=O)O)c1OC. The maximum absolute atomic E-state index is 11.2. The molecule has 0 spiro atoms. The van der Waals surface area contributed by atoms with Crippen LogP contribution < -0.4 is 19.9 Å². The predicted octanol–water partition coefficient (Wildman–Crippen LogP) is 0.839. The van der Waals surface area contributed by atoms with E-state index >= 15 is 0 Å². The number of hydrogen-bond donors (Lipinski definition) is 2. The second-order valence-corrected chi connectivity index (χ2v) is 3.54. The fraction of sp³-hybridized carbons (Fsp3) is 0.417. The first-order valence-corrected chi connectivity index (χ1v) is 5.32. The fourth-order valence-electron chi connectivity index (χ4n) is 1.78. The van der Waals surface area contributed by atoms with Crippen LogP contribution in [0.15, 0.2) is 12.1 Å². The first-order chi connectivity index (χ1) is 8.60. The molecule has 0 saturated heterocycles. The van der Waals surface area contributed by atoms with Crippen LogP contribution in [-0.4, -0.2) is 38.9 Å². The highest BCUT2D eigenvalue weighted by Gasteiger charge is 2.28. The Balaban J connectivity index is 3.48. The van der Waals surface area contributed by atoms with Crippen LogP contribution >= 0.6 is 0 Å². The number of carboxylic acids is 1. The largest absolute Gasteiger partial charge is 0.496 e. The topological polar surface area (TPSA) is 91.0 Å². The standard InChI is InChI=1S/C12H17NO5/c1-16-8-4-5-9(17-2)11(18-3)10(8)7(6-13)12(14)15/h4-5,7H,6,13H2,1-3H3,(H,14,15). The van der Waals surface area contributed by atoms with Crippen molar-refractivity contribution in [2.24, 2.45) is 5.73 Å². The van der Waals surface area contributed by atoms with E-state index in [0.717, 1.165) is 0 Å². The molecule has 0 aliphatic rings. The van der Waals surface area contributed by atoms with Crippen LogP contribution in [0.4, 0.5) is 0 Å². The summed E-state index contributed by atoms with van der Waals surface area (Å²) in [5, 5.41) is 9.20. The highest BCUT2D eigenvalue weighted by molar-refractivity contribution is 5.80. The number of ether oxygens (including phenoxy) is 3. The van der Waals surface area contributed by atoms with Gasteiger partial charge in [-0.1, -0.05) is 0 Å². The van der Waals surface area contributed by atoms with Crippen LogP contribution in [0.5, 0.6) is 17.2 Å². The summed E-state index contributed by atoms with van der Waals surface area (Å²) in [5.41, 5.74) is 5.90. The quantitative estimate of drug-likeness (QED) is 0.782. The van der Waals surface area contributed by atoms with Gasteiger partial charge in [0.25, 0.3) is 0 Å². The van der Waals surface area contributed by atoms with Gasteiger partial charge in [-0.2, -0.15) is 0 Å². The number of rotatable bonds is 6. The number of carbonyl (C=O) groups is 1. The van der Waals surface area contributed by atoms with Crippen molar-refractivity contribution >= 4 is 5.97 Å². The van der Waals surface area contributed by atoms with E-state index in [2.05, 4.69) is 0 Å². The summed E-state index contributed by atoms with van der Waals surface area (Å²) in [5.74, 6) is -0.777. The summed E-state index contributed by atoms with van der Waals surface area (Å²) in [6.07, 6.45) is 0. The second-order valence-electron chi connectivity index (χ2n) is 3.54. The molecule has 1 aromatic carbocycles. The van der Waals surface area contributed by atoms with Crippen molar-refractivity contribution in [3.05, 3.63) is 17.7 Å². The number of methoxy groups -OCH3 is 3. The summed E-state index contributed by atoms with van der Waals surface area (Å²) in [6, 6.07) is 3.28. The maximum Gasteiger partial charge on any atom is 0.312 e. The van der Waals surface area contributed by atoms with Crippen LogP contribution in [0, 0.1) is 0 Å². The van der Waals surface area contributed by atoms with Crippen molar-refractivity contribution in [3.63, 3.8) is 0 Å². The van der Waals surface area contributed by atoms with E-state index < -0.39 is 11.9 Å². The molecule has 18 heavy (non-hydrogen) atoms. The summed E-state index contributed by atoms with van der Waals surface area (Å²) >= 11 is 0. The first kappa shape index (κ1) is 14.1. The van der Waals surface area contributed by atoms with E-state index in [1.165, 1.54) is 21.3 Å². The van der Waals surface area contributed by atoms with Gasteiger partial charge in [-0.15, -0.1) is 0 Å². The minimum atomic E-state index is -1.04. The Morgan fingerprint density at radius 2 is 1.78 bits per heavy atom. The number of nitrogens with two attached hydrogens (primary N) is 1. The molecule has 6 nitrogen and oxygen atoms in total. The molecule has 1 rings (SSSR count). The van der Waals surface area contributed by atoms with Crippen molar-refractivity contribution in [1.29, 1.82) is 0 Å². The molecule has 3 N–H and O–H groups in total. The zero-order valence-corrected chi connectivity index (χ0v) is 10.6. The van der Waals surface area contributed by atoms with E-state index in [1.54, 1.807) is 12.1 Å². The van der Waals surface area contributed by atoms with Gasteiger partial charge >= 0.3 is 5.97 Å². The molecule has 0 bridgehead atoms. The molecule has 0 aromatic heterocycles. The summed E-state index contributed by atoms with van der Waals surface area (Å²) < 4.78 is 15.5.